The van der Waals surface area contributed by atoms with Crippen molar-refractivity contribution in [3.63, 3.8) is 0 Å². The summed E-state index contributed by atoms with van der Waals surface area (Å²) in [5.41, 5.74) is 0.230. The largest absolute Gasteiger partial charge is 0.328 e. The predicted molar refractivity (Wildman–Crippen MR) is 57.1 cm³/mol. The van der Waals surface area contributed by atoms with E-state index in [9.17, 15) is 9.59 Å². The number of hydrogen-bond donors (Lipinski definition) is 2. The summed E-state index contributed by atoms with van der Waals surface area (Å²) in [6, 6.07) is 1.54. The first-order valence-electron chi connectivity index (χ1n) is 5.19. The number of H-pyrrole nitrogens is 1. The minimum absolute atomic E-state index is 0.229. The van der Waals surface area contributed by atoms with E-state index in [1.54, 1.807) is 0 Å². The smallest absolute Gasteiger partial charge is 0.317 e. The monoisotopic (exact) mass is 209 g/mol. The van der Waals surface area contributed by atoms with E-state index in [-0.39, 0.29) is 11.2 Å². The summed E-state index contributed by atoms with van der Waals surface area (Å²) in [5.74, 6) is 0.313. The van der Waals surface area contributed by atoms with Crippen molar-refractivity contribution in [3.8, 4) is 0 Å². The standard InChI is InChI=1S/C10H15N3O2/c1-13-9(14)6-8(12-10(13)15)7-2-4-11-5-3-7/h6-7,11H,2-5H2,1H3,(H,12,15). The van der Waals surface area contributed by atoms with Gasteiger partial charge in [-0.1, -0.05) is 0 Å². The molecule has 1 aromatic heterocycles. The summed E-state index contributed by atoms with van der Waals surface area (Å²) in [7, 11) is 1.48. The molecule has 5 heteroatoms. The van der Waals surface area contributed by atoms with Gasteiger partial charge in [0.05, 0.1) is 0 Å². The summed E-state index contributed by atoms with van der Waals surface area (Å²) in [6.07, 6.45) is 1.95. The minimum Gasteiger partial charge on any atom is -0.317 e. The van der Waals surface area contributed by atoms with Crippen LogP contribution >= 0.6 is 0 Å². The van der Waals surface area contributed by atoms with Crippen LogP contribution in [0.25, 0.3) is 0 Å². The van der Waals surface area contributed by atoms with Crippen LogP contribution in [-0.2, 0) is 7.05 Å². The molecule has 1 saturated heterocycles. The molecule has 1 aliphatic rings. The second-order valence-corrected chi connectivity index (χ2v) is 3.95. The first kappa shape index (κ1) is 10.2. The highest BCUT2D eigenvalue weighted by molar-refractivity contribution is 5.07. The average molecular weight is 209 g/mol. The number of hydrogen-bond acceptors (Lipinski definition) is 3. The van der Waals surface area contributed by atoms with Crippen molar-refractivity contribution >= 4 is 0 Å². The first-order valence-corrected chi connectivity index (χ1v) is 5.19. The Morgan fingerprint density at radius 3 is 2.60 bits per heavy atom. The zero-order valence-electron chi connectivity index (χ0n) is 8.75. The van der Waals surface area contributed by atoms with Crippen LogP contribution in [0.5, 0.6) is 0 Å². The summed E-state index contributed by atoms with van der Waals surface area (Å²) >= 11 is 0. The maximum Gasteiger partial charge on any atom is 0.328 e. The molecule has 0 atom stereocenters. The van der Waals surface area contributed by atoms with Crippen molar-refractivity contribution < 1.29 is 0 Å². The number of aromatic nitrogens is 2. The van der Waals surface area contributed by atoms with Gasteiger partial charge in [-0.15, -0.1) is 0 Å². The van der Waals surface area contributed by atoms with Crippen molar-refractivity contribution in [3.05, 3.63) is 32.6 Å². The molecule has 0 saturated carbocycles. The van der Waals surface area contributed by atoms with Gasteiger partial charge in [-0.3, -0.25) is 9.36 Å². The normalized spacial score (nSPS) is 17.9. The Balaban J connectivity index is 2.36. The molecular weight excluding hydrogens is 194 g/mol. The quantitative estimate of drug-likeness (QED) is 0.657. The van der Waals surface area contributed by atoms with Gasteiger partial charge in [-0.2, -0.15) is 0 Å². The van der Waals surface area contributed by atoms with E-state index in [0.29, 0.717) is 5.92 Å². The highest BCUT2D eigenvalue weighted by atomic mass is 16.2. The third-order valence-corrected chi connectivity index (χ3v) is 2.94. The van der Waals surface area contributed by atoms with Crippen molar-refractivity contribution in [1.82, 2.24) is 14.9 Å². The fraction of sp³-hybridized carbons (Fsp3) is 0.600. The van der Waals surface area contributed by atoms with Crippen LogP contribution < -0.4 is 16.6 Å². The second kappa shape index (κ2) is 4.02. The Kier molecular flexibility index (Phi) is 2.73. The highest BCUT2D eigenvalue weighted by Crippen LogP contribution is 2.21. The van der Waals surface area contributed by atoms with Gasteiger partial charge >= 0.3 is 5.69 Å². The van der Waals surface area contributed by atoms with Gasteiger partial charge in [-0.05, 0) is 25.9 Å². The van der Waals surface area contributed by atoms with Gasteiger partial charge in [-0.25, -0.2) is 4.79 Å². The van der Waals surface area contributed by atoms with E-state index in [1.165, 1.54) is 13.1 Å². The fourth-order valence-electron chi connectivity index (χ4n) is 1.93. The van der Waals surface area contributed by atoms with E-state index in [2.05, 4.69) is 10.3 Å². The molecule has 15 heavy (non-hydrogen) atoms. The summed E-state index contributed by atoms with van der Waals surface area (Å²) in [6.45, 7) is 1.89. The molecule has 0 amide bonds. The molecular formula is C10H15N3O2. The van der Waals surface area contributed by atoms with Crippen LogP contribution in [-0.4, -0.2) is 22.6 Å². The van der Waals surface area contributed by atoms with E-state index in [1.807, 2.05) is 0 Å². The van der Waals surface area contributed by atoms with Crippen molar-refractivity contribution in [2.45, 2.75) is 18.8 Å². The lowest BCUT2D eigenvalue weighted by Crippen LogP contribution is -2.35. The molecule has 0 radical (unpaired) electrons. The van der Waals surface area contributed by atoms with Crippen LogP contribution in [0.3, 0.4) is 0 Å². The van der Waals surface area contributed by atoms with Gasteiger partial charge in [0, 0.05) is 24.7 Å². The lowest BCUT2D eigenvalue weighted by atomic mass is 9.94. The Morgan fingerprint density at radius 2 is 2.00 bits per heavy atom. The molecule has 1 aromatic rings. The van der Waals surface area contributed by atoms with E-state index in [4.69, 9.17) is 0 Å². The van der Waals surface area contributed by atoms with Gasteiger partial charge < -0.3 is 10.3 Å². The van der Waals surface area contributed by atoms with Gasteiger partial charge in [0.2, 0.25) is 0 Å². The fourth-order valence-corrected chi connectivity index (χ4v) is 1.93. The lowest BCUT2D eigenvalue weighted by Gasteiger charge is -2.22. The Morgan fingerprint density at radius 1 is 1.33 bits per heavy atom. The van der Waals surface area contributed by atoms with E-state index >= 15 is 0 Å². The number of nitrogens with one attached hydrogen (secondary N) is 2. The van der Waals surface area contributed by atoms with Gasteiger partial charge in [0.1, 0.15) is 0 Å². The zero-order valence-corrected chi connectivity index (χ0v) is 8.75. The minimum atomic E-state index is -0.323. The topological polar surface area (TPSA) is 66.9 Å². The Bertz CT molecular complexity index is 423. The summed E-state index contributed by atoms with van der Waals surface area (Å²) < 4.78 is 1.09. The SMILES string of the molecule is Cn1c(=O)cc(C2CCNCC2)[nH]c1=O. The molecule has 0 aromatic carbocycles. The number of aromatic amines is 1. The van der Waals surface area contributed by atoms with Crippen molar-refractivity contribution in [2.24, 2.45) is 7.05 Å². The molecule has 0 spiro atoms. The maximum absolute atomic E-state index is 11.4. The third-order valence-electron chi connectivity index (χ3n) is 2.94. The zero-order chi connectivity index (χ0) is 10.8. The third kappa shape index (κ3) is 2.02. The van der Waals surface area contributed by atoms with E-state index in [0.717, 1.165) is 36.2 Å². The summed E-state index contributed by atoms with van der Waals surface area (Å²) in [5, 5.41) is 3.25. The number of piperidine rings is 1. The van der Waals surface area contributed by atoms with Crippen molar-refractivity contribution in [1.29, 1.82) is 0 Å². The molecule has 82 valence electrons. The van der Waals surface area contributed by atoms with Crippen LogP contribution in [0.15, 0.2) is 15.7 Å². The average Bonchev–Trinajstić information content (AvgIpc) is 2.26. The van der Waals surface area contributed by atoms with Gasteiger partial charge in [0.15, 0.2) is 0 Å². The first-order chi connectivity index (χ1) is 7.18. The number of nitrogens with zero attached hydrogens (tertiary/aromatic N) is 1. The van der Waals surface area contributed by atoms with Crippen LogP contribution in [0.2, 0.25) is 0 Å². The van der Waals surface area contributed by atoms with Gasteiger partial charge in [0.25, 0.3) is 5.56 Å². The van der Waals surface area contributed by atoms with Crippen LogP contribution in [0.4, 0.5) is 0 Å². The molecule has 0 aliphatic carbocycles. The Hall–Kier alpha value is -1.36. The van der Waals surface area contributed by atoms with Crippen LogP contribution in [0.1, 0.15) is 24.5 Å². The second-order valence-electron chi connectivity index (χ2n) is 3.95. The predicted octanol–water partition coefficient (Wildman–Crippen LogP) is -0.459. The molecule has 0 bridgehead atoms. The molecule has 0 unspecified atom stereocenters. The Labute approximate surface area is 87.1 Å². The lowest BCUT2D eigenvalue weighted by molar-refractivity contribution is 0.450. The molecule has 2 heterocycles. The van der Waals surface area contributed by atoms with Crippen molar-refractivity contribution in [2.75, 3.05) is 13.1 Å². The highest BCUT2D eigenvalue weighted by Gasteiger charge is 2.16. The molecule has 1 fully saturated rings. The molecule has 5 nitrogen and oxygen atoms in total. The summed E-state index contributed by atoms with van der Waals surface area (Å²) in [4.78, 5) is 25.6. The molecule has 1 aliphatic heterocycles. The van der Waals surface area contributed by atoms with Crippen LogP contribution in [0, 0.1) is 0 Å². The molecule has 2 N–H and O–H groups in total. The number of rotatable bonds is 1. The molecule has 2 rings (SSSR count). The van der Waals surface area contributed by atoms with E-state index < -0.39 is 0 Å². The maximum atomic E-state index is 11.4.